The van der Waals surface area contributed by atoms with Gasteiger partial charge < -0.3 is 20.1 Å². The van der Waals surface area contributed by atoms with Crippen LogP contribution < -0.4 is 10.2 Å². The number of rotatable bonds is 5. The summed E-state index contributed by atoms with van der Waals surface area (Å²) in [4.78, 5) is 33.2. The van der Waals surface area contributed by atoms with Crippen molar-refractivity contribution in [2.24, 2.45) is 4.99 Å². The topological polar surface area (TPSA) is 101 Å². The minimum atomic E-state index is -2.62. The number of aliphatic imine (C=N–C) groups is 1. The molecular formula is C28H30F2N10. The Kier molecular flexibility index (Phi) is 6.16. The first-order valence-electron chi connectivity index (χ1n) is 13.5. The van der Waals surface area contributed by atoms with Crippen molar-refractivity contribution in [1.29, 1.82) is 0 Å². The highest BCUT2D eigenvalue weighted by molar-refractivity contribution is 6.16. The first-order valence-corrected chi connectivity index (χ1v) is 13.5. The fraction of sp³-hybridized carbons (Fsp3) is 0.393. The highest BCUT2D eigenvalue weighted by Crippen LogP contribution is 2.31. The summed E-state index contributed by atoms with van der Waals surface area (Å²) < 4.78 is 27.4. The lowest BCUT2D eigenvalue weighted by atomic mass is 10.0. The van der Waals surface area contributed by atoms with Gasteiger partial charge in [-0.15, -0.1) is 0 Å². The van der Waals surface area contributed by atoms with Gasteiger partial charge in [0.1, 0.15) is 17.9 Å². The van der Waals surface area contributed by atoms with Gasteiger partial charge in [-0.3, -0.25) is 24.8 Å². The maximum Gasteiger partial charge on any atom is 0.261 e. The number of hydrogen-bond donors (Lipinski definition) is 2. The monoisotopic (exact) mass is 544 g/mol. The zero-order chi connectivity index (χ0) is 27.3. The predicted octanol–water partition coefficient (Wildman–Crippen LogP) is 3.23. The van der Waals surface area contributed by atoms with Crippen LogP contribution in [-0.2, 0) is 6.54 Å². The zero-order valence-corrected chi connectivity index (χ0v) is 22.2. The van der Waals surface area contributed by atoms with Gasteiger partial charge in [0, 0.05) is 69.2 Å². The molecule has 3 aliphatic rings. The number of hydrogen-bond acceptors (Lipinski definition) is 9. The lowest BCUT2D eigenvalue weighted by Crippen LogP contribution is -2.44. The molecule has 3 aliphatic heterocycles. The molecule has 2 N–H and O–H groups in total. The molecule has 12 heteroatoms. The molecule has 0 atom stereocenters. The van der Waals surface area contributed by atoms with Gasteiger partial charge in [-0.1, -0.05) is 0 Å². The Morgan fingerprint density at radius 2 is 1.82 bits per heavy atom. The second-order valence-electron chi connectivity index (χ2n) is 10.8. The van der Waals surface area contributed by atoms with E-state index < -0.39 is 5.92 Å². The molecule has 4 aromatic heterocycles. The number of aromatic nitrogens is 5. The Balaban J connectivity index is 1.19. The maximum atomic E-state index is 13.7. The van der Waals surface area contributed by atoms with E-state index in [9.17, 15) is 8.78 Å². The molecule has 0 bridgehead atoms. The Morgan fingerprint density at radius 1 is 0.975 bits per heavy atom. The van der Waals surface area contributed by atoms with Crippen LogP contribution in [0, 0.1) is 0 Å². The van der Waals surface area contributed by atoms with E-state index in [4.69, 9.17) is 9.98 Å². The van der Waals surface area contributed by atoms with Crippen molar-refractivity contribution in [3.05, 3.63) is 60.1 Å². The third-order valence-electron chi connectivity index (χ3n) is 7.85. The van der Waals surface area contributed by atoms with Crippen molar-refractivity contribution in [2.75, 3.05) is 63.2 Å². The van der Waals surface area contributed by atoms with Crippen molar-refractivity contribution in [1.82, 2.24) is 34.7 Å². The summed E-state index contributed by atoms with van der Waals surface area (Å²) >= 11 is 0. The van der Waals surface area contributed by atoms with Crippen molar-refractivity contribution >= 4 is 28.1 Å². The Bertz CT molecular complexity index is 1590. The lowest BCUT2D eigenvalue weighted by molar-refractivity contribution is 0.0115. The number of aromatic amines is 1. The van der Waals surface area contributed by atoms with E-state index in [1.165, 1.54) is 0 Å². The molecular weight excluding hydrogens is 514 g/mol. The van der Waals surface area contributed by atoms with Crippen molar-refractivity contribution in [3.8, 4) is 11.3 Å². The molecule has 0 saturated carbocycles. The number of H-pyrrole nitrogens is 1. The second-order valence-corrected chi connectivity index (χ2v) is 10.8. The van der Waals surface area contributed by atoms with Crippen LogP contribution in [0.3, 0.4) is 0 Å². The largest absolute Gasteiger partial charge is 0.366 e. The highest BCUT2D eigenvalue weighted by Gasteiger charge is 2.38. The van der Waals surface area contributed by atoms with E-state index in [1.807, 2.05) is 18.3 Å². The van der Waals surface area contributed by atoms with E-state index in [0.717, 1.165) is 76.7 Å². The first kappa shape index (κ1) is 25.0. The highest BCUT2D eigenvalue weighted by atomic mass is 19.3. The fourth-order valence-corrected chi connectivity index (χ4v) is 5.67. The smallest absolute Gasteiger partial charge is 0.261 e. The number of likely N-dealkylation sites (tertiary alicyclic amines) is 1. The van der Waals surface area contributed by atoms with Crippen LogP contribution in [-0.4, -0.2) is 99.3 Å². The number of likely N-dealkylation sites (N-methyl/N-ethyl adjacent to an activating group) is 1. The second kappa shape index (κ2) is 9.86. The number of pyridine rings is 3. The Labute approximate surface area is 230 Å². The number of anilines is 2. The summed E-state index contributed by atoms with van der Waals surface area (Å²) in [6, 6.07) is 3.96. The third-order valence-corrected chi connectivity index (χ3v) is 7.85. The van der Waals surface area contributed by atoms with Crippen LogP contribution in [0.25, 0.3) is 22.3 Å². The van der Waals surface area contributed by atoms with E-state index in [1.54, 1.807) is 29.7 Å². The van der Waals surface area contributed by atoms with Gasteiger partial charge in [0.25, 0.3) is 5.92 Å². The molecule has 0 unspecified atom stereocenters. The number of nitrogens with one attached hydrogen (secondary N) is 2. The fourth-order valence-electron chi connectivity index (χ4n) is 5.67. The van der Waals surface area contributed by atoms with Crippen molar-refractivity contribution in [3.63, 3.8) is 0 Å². The van der Waals surface area contributed by atoms with E-state index in [0.29, 0.717) is 25.6 Å². The quantitative estimate of drug-likeness (QED) is 0.395. The molecule has 0 amide bonds. The summed E-state index contributed by atoms with van der Waals surface area (Å²) in [5, 5.41) is 3.30. The number of imidazole rings is 1. The Hall–Kier alpha value is -4.03. The minimum absolute atomic E-state index is 0.101. The molecule has 0 spiro atoms. The van der Waals surface area contributed by atoms with Crippen LogP contribution in [0.4, 0.5) is 20.2 Å². The van der Waals surface area contributed by atoms with Crippen molar-refractivity contribution < 1.29 is 8.78 Å². The summed E-state index contributed by atoms with van der Waals surface area (Å²) in [5.74, 6) is -1.94. The molecule has 40 heavy (non-hydrogen) atoms. The molecule has 7 heterocycles. The van der Waals surface area contributed by atoms with Gasteiger partial charge in [0.05, 0.1) is 47.7 Å². The first-order chi connectivity index (χ1) is 19.4. The summed E-state index contributed by atoms with van der Waals surface area (Å²) in [6.45, 7) is 4.85. The molecule has 0 radical (unpaired) electrons. The summed E-state index contributed by atoms with van der Waals surface area (Å²) in [6.07, 6.45) is 8.87. The van der Waals surface area contributed by atoms with Gasteiger partial charge in [0.2, 0.25) is 0 Å². The standard InChI is InChI=1S/C28H30F2N10/c1-38-4-6-40(7-5-38)24-14-32-12-23-26(24)37-27(36-23)25-20-9-21(33-13-22(20)34-17-35-25)19-8-18(10-31-11-19)15-39-3-2-28(29,30)16-39/h8-14,34H,2-7,15-17H2,1H3,(H,36,37). The third kappa shape index (κ3) is 4.77. The van der Waals surface area contributed by atoms with Gasteiger partial charge in [-0.05, 0) is 24.7 Å². The van der Waals surface area contributed by atoms with E-state index in [-0.39, 0.29) is 13.0 Å². The number of piperazine rings is 1. The molecule has 206 valence electrons. The van der Waals surface area contributed by atoms with Crippen LogP contribution in [0.2, 0.25) is 0 Å². The van der Waals surface area contributed by atoms with E-state index >= 15 is 0 Å². The number of halogens is 2. The average molecular weight is 545 g/mol. The molecule has 2 fully saturated rings. The van der Waals surface area contributed by atoms with Crippen LogP contribution in [0.5, 0.6) is 0 Å². The summed E-state index contributed by atoms with van der Waals surface area (Å²) in [7, 11) is 2.14. The summed E-state index contributed by atoms with van der Waals surface area (Å²) in [5.41, 5.74) is 7.71. The lowest BCUT2D eigenvalue weighted by Gasteiger charge is -2.33. The van der Waals surface area contributed by atoms with Crippen molar-refractivity contribution in [2.45, 2.75) is 18.9 Å². The van der Waals surface area contributed by atoms with E-state index in [2.05, 4.69) is 42.1 Å². The van der Waals surface area contributed by atoms with Gasteiger partial charge in [-0.25, -0.2) is 13.8 Å². The SMILES string of the molecule is CN1CCN(c2cncc3[nH]c(C4=NCNc5cnc(-c6cncc(CN7CCC(F)(F)C7)c6)cc54)nc23)CC1. The molecule has 7 rings (SSSR count). The minimum Gasteiger partial charge on any atom is -0.366 e. The van der Waals surface area contributed by atoms with Gasteiger partial charge in [-0.2, -0.15) is 0 Å². The molecule has 10 nitrogen and oxygen atoms in total. The van der Waals surface area contributed by atoms with Crippen LogP contribution >= 0.6 is 0 Å². The van der Waals surface area contributed by atoms with Crippen LogP contribution in [0.15, 0.2) is 48.1 Å². The molecule has 0 aliphatic carbocycles. The molecule has 4 aromatic rings. The van der Waals surface area contributed by atoms with Crippen LogP contribution in [0.1, 0.15) is 23.4 Å². The Morgan fingerprint density at radius 3 is 2.65 bits per heavy atom. The normalized spacial score (nSPS) is 19.5. The molecule has 2 saturated heterocycles. The number of fused-ring (bicyclic) bond motifs is 2. The number of nitrogens with zero attached hydrogens (tertiary/aromatic N) is 8. The number of alkyl halides is 2. The maximum absolute atomic E-state index is 13.7. The van der Waals surface area contributed by atoms with Gasteiger partial charge in [0.15, 0.2) is 5.82 Å². The predicted molar refractivity (Wildman–Crippen MR) is 150 cm³/mol. The zero-order valence-electron chi connectivity index (χ0n) is 22.2. The average Bonchev–Trinajstić information content (AvgIpc) is 3.55. The van der Waals surface area contributed by atoms with Gasteiger partial charge >= 0.3 is 0 Å². The molecule has 0 aromatic carbocycles.